The Kier molecular flexibility index (Phi) is 8.27. The molecule has 0 aliphatic carbocycles. The second kappa shape index (κ2) is 11.5. The predicted octanol–water partition coefficient (Wildman–Crippen LogP) is 5.02. The third-order valence-corrected chi connectivity index (χ3v) is 7.78. The maximum atomic E-state index is 13.2. The van der Waals surface area contributed by atoms with Crippen molar-refractivity contribution in [1.29, 1.82) is 10.5 Å². The van der Waals surface area contributed by atoms with Gasteiger partial charge in [-0.25, -0.2) is 8.42 Å². The van der Waals surface area contributed by atoms with Crippen molar-refractivity contribution in [3.63, 3.8) is 0 Å². The Morgan fingerprint density at radius 1 is 1.00 bits per heavy atom. The van der Waals surface area contributed by atoms with E-state index in [9.17, 15) is 26.4 Å². The molecule has 0 spiro atoms. The van der Waals surface area contributed by atoms with Gasteiger partial charge in [0.1, 0.15) is 5.75 Å². The van der Waals surface area contributed by atoms with Gasteiger partial charge in [-0.15, -0.1) is 0 Å². The number of fused-ring (bicyclic) bond motifs is 2. The summed E-state index contributed by atoms with van der Waals surface area (Å²) in [6, 6.07) is 17.8. The molecule has 0 bridgehead atoms. The van der Waals surface area contributed by atoms with Gasteiger partial charge in [0.25, 0.3) is 5.91 Å². The Balaban J connectivity index is 0.000000291. The minimum absolute atomic E-state index is 0.211. The lowest BCUT2D eigenvalue weighted by molar-refractivity contribution is -0.189. The van der Waals surface area contributed by atoms with E-state index in [-0.39, 0.29) is 22.8 Å². The SMILES string of the molecule is C[C@H](Oc1ccc(S(C)(=O)=O)cc1C(=O)N1CCc2cc(C#N)ccc21)C(F)(F)F.N#Cc1ccc2c(c1)CCN2. The number of benzene rings is 3. The van der Waals surface area contributed by atoms with Crippen molar-refractivity contribution in [3.8, 4) is 17.9 Å². The van der Waals surface area contributed by atoms with Crippen molar-refractivity contribution >= 4 is 27.1 Å². The third-order valence-electron chi connectivity index (χ3n) is 6.67. The summed E-state index contributed by atoms with van der Waals surface area (Å²) >= 11 is 0. The fraction of sp³-hybridized carbons (Fsp3) is 0.276. The van der Waals surface area contributed by atoms with E-state index in [2.05, 4.69) is 11.4 Å². The lowest BCUT2D eigenvalue weighted by atomic mass is 10.1. The van der Waals surface area contributed by atoms with Crippen LogP contribution >= 0.6 is 0 Å². The average Bonchev–Trinajstić information content (AvgIpc) is 3.58. The Morgan fingerprint density at radius 3 is 2.29 bits per heavy atom. The van der Waals surface area contributed by atoms with E-state index in [4.69, 9.17) is 15.3 Å². The van der Waals surface area contributed by atoms with Gasteiger partial charge in [-0.2, -0.15) is 23.7 Å². The number of anilines is 2. The number of nitrogens with one attached hydrogen (secondary N) is 1. The highest BCUT2D eigenvalue weighted by Crippen LogP contribution is 2.34. The molecule has 3 aromatic rings. The zero-order valence-corrected chi connectivity index (χ0v) is 22.9. The molecule has 2 aliphatic rings. The number of hydrogen-bond acceptors (Lipinski definition) is 7. The second-order valence-corrected chi connectivity index (χ2v) is 11.6. The van der Waals surface area contributed by atoms with Crippen LogP contribution in [0, 0.1) is 22.7 Å². The number of carbonyl (C=O) groups is 1. The molecule has 0 saturated heterocycles. The molecule has 41 heavy (non-hydrogen) atoms. The standard InChI is InChI=1S/C20H17F3N2O4S.C9H8N2/c1-12(20(21,22)23)29-18-6-4-15(30(2,27)28)10-16(18)19(26)25-8-7-14-9-13(11-24)3-5-17(14)25;10-6-7-1-2-9-8(5-7)3-4-11-9/h3-6,9-10,12H,7-8H2,1-2H3;1-2,5,11H,3-4H2/t12-;/m0./s1. The summed E-state index contributed by atoms with van der Waals surface area (Å²) < 4.78 is 67.7. The molecule has 0 fully saturated rings. The smallest absolute Gasteiger partial charge is 0.425 e. The first-order chi connectivity index (χ1) is 19.3. The van der Waals surface area contributed by atoms with E-state index < -0.39 is 28.0 Å². The van der Waals surface area contributed by atoms with Gasteiger partial charge in [0, 0.05) is 30.7 Å². The Hall–Kier alpha value is -4.55. The van der Waals surface area contributed by atoms with Gasteiger partial charge in [0.2, 0.25) is 0 Å². The lowest BCUT2D eigenvalue weighted by Gasteiger charge is -2.23. The quantitative estimate of drug-likeness (QED) is 0.458. The number of nitrogens with zero attached hydrogens (tertiary/aromatic N) is 3. The van der Waals surface area contributed by atoms with Crippen LogP contribution in [0.25, 0.3) is 0 Å². The van der Waals surface area contributed by atoms with Crippen LogP contribution in [0.2, 0.25) is 0 Å². The van der Waals surface area contributed by atoms with E-state index in [1.807, 2.05) is 24.3 Å². The molecule has 2 heterocycles. The molecule has 1 atom stereocenters. The van der Waals surface area contributed by atoms with Gasteiger partial charge in [-0.05, 0) is 85.5 Å². The highest BCUT2D eigenvalue weighted by molar-refractivity contribution is 7.90. The molecular formula is C29H25F3N4O4S. The summed E-state index contributed by atoms with van der Waals surface area (Å²) in [5.74, 6) is -1.05. The molecular weight excluding hydrogens is 557 g/mol. The number of alkyl halides is 3. The number of ether oxygens (including phenoxy) is 1. The largest absolute Gasteiger partial charge is 0.480 e. The maximum absolute atomic E-state index is 13.2. The molecule has 212 valence electrons. The van der Waals surface area contributed by atoms with Gasteiger partial charge < -0.3 is 15.0 Å². The maximum Gasteiger partial charge on any atom is 0.425 e. The van der Waals surface area contributed by atoms with Crippen LogP contribution in [0.3, 0.4) is 0 Å². The van der Waals surface area contributed by atoms with Gasteiger partial charge in [-0.1, -0.05) is 0 Å². The van der Waals surface area contributed by atoms with Crippen LogP contribution in [-0.2, 0) is 22.7 Å². The summed E-state index contributed by atoms with van der Waals surface area (Å²) in [6.07, 6.45) is -4.42. The number of rotatable bonds is 4. The minimum Gasteiger partial charge on any atom is -0.480 e. The number of nitriles is 2. The van der Waals surface area contributed by atoms with E-state index >= 15 is 0 Å². The molecule has 0 unspecified atom stereocenters. The summed E-state index contributed by atoms with van der Waals surface area (Å²) in [7, 11) is -3.71. The first-order valence-corrected chi connectivity index (χ1v) is 14.4. The fourth-order valence-electron chi connectivity index (χ4n) is 4.47. The van der Waals surface area contributed by atoms with Gasteiger partial charge in [0.05, 0.1) is 33.7 Å². The number of amides is 1. The van der Waals surface area contributed by atoms with Gasteiger partial charge >= 0.3 is 6.18 Å². The number of sulfone groups is 1. The molecule has 5 rings (SSSR count). The number of carbonyl (C=O) groups excluding carboxylic acids is 1. The van der Waals surface area contributed by atoms with Gasteiger partial charge in [0.15, 0.2) is 15.9 Å². The monoisotopic (exact) mass is 582 g/mol. The van der Waals surface area contributed by atoms with Crippen LogP contribution in [-0.4, -0.2) is 46.0 Å². The molecule has 0 aromatic heterocycles. The summed E-state index contributed by atoms with van der Waals surface area (Å²) in [4.78, 5) is 14.3. The average molecular weight is 583 g/mol. The van der Waals surface area contributed by atoms with Crippen molar-refractivity contribution in [2.45, 2.75) is 36.9 Å². The molecule has 8 nitrogen and oxygen atoms in total. The first-order valence-electron chi connectivity index (χ1n) is 12.5. The van der Waals surface area contributed by atoms with Crippen LogP contribution < -0.4 is 15.0 Å². The van der Waals surface area contributed by atoms with E-state index in [1.165, 1.54) is 22.2 Å². The molecule has 1 N–H and O–H groups in total. The lowest BCUT2D eigenvalue weighted by Crippen LogP contribution is -2.33. The zero-order chi connectivity index (χ0) is 29.9. The van der Waals surface area contributed by atoms with Crippen molar-refractivity contribution in [3.05, 3.63) is 82.4 Å². The molecule has 3 aromatic carbocycles. The summed E-state index contributed by atoms with van der Waals surface area (Å²) in [6.45, 7) is 2.04. The minimum atomic E-state index is -4.66. The van der Waals surface area contributed by atoms with Crippen LogP contribution in [0.15, 0.2) is 59.5 Å². The van der Waals surface area contributed by atoms with Crippen molar-refractivity contribution in [2.75, 3.05) is 29.6 Å². The summed E-state index contributed by atoms with van der Waals surface area (Å²) in [5, 5.41) is 20.9. The fourth-order valence-corrected chi connectivity index (χ4v) is 5.12. The Bertz CT molecular complexity index is 1690. The zero-order valence-electron chi connectivity index (χ0n) is 22.1. The normalized spacial score (nSPS) is 14.4. The van der Waals surface area contributed by atoms with Crippen molar-refractivity contribution in [2.24, 2.45) is 0 Å². The topological polar surface area (TPSA) is 123 Å². The second-order valence-electron chi connectivity index (χ2n) is 9.55. The molecule has 0 saturated carbocycles. The van der Waals surface area contributed by atoms with Crippen LogP contribution in [0.5, 0.6) is 5.75 Å². The Labute approximate surface area is 235 Å². The molecule has 0 radical (unpaired) electrons. The summed E-state index contributed by atoms with van der Waals surface area (Å²) in [5.41, 5.74) is 4.60. The highest BCUT2D eigenvalue weighted by atomic mass is 32.2. The van der Waals surface area contributed by atoms with Gasteiger partial charge in [-0.3, -0.25) is 4.79 Å². The highest BCUT2D eigenvalue weighted by Gasteiger charge is 2.39. The third kappa shape index (κ3) is 6.61. The molecule has 1 amide bonds. The number of halogens is 3. The molecule has 12 heteroatoms. The van der Waals surface area contributed by atoms with Crippen molar-refractivity contribution < 1.29 is 31.1 Å². The first kappa shape index (κ1) is 29.4. The van der Waals surface area contributed by atoms with Crippen LogP contribution in [0.1, 0.15) is 39.5 Å². The van der Waals surface area contributed by atoms with E-state index in [1.54, 1.807) is 12.1 Å². The molecule has 2 aliphatic heterocycles. The van der Waals surface area contributed by atoms with Crippen molar-refractivity contribution in [1.82, 2.24) is 0 Å². The van der Waals surface area contributed by atoms with E-state index in [0.29, 0.717) is 17.7 Å². The van der Waals surface area contributed by atoms with Crippen LogP contribution in [0.4, 0.5) is 24.5 Å². The Morgan fingerprint density at radius 2 is 1.66 bits per heavy atom. The number of hydrogen-bond donors (Lipinski definition) is 1. The predicted molar refractivity (Wildman–Crippen MR) is 146 cm³/mol. The van der Waals surface area contributed by atoms with E-state index in [0.717, 1.165) is 55.5 Å².